The number of amides is 1. The fraction of sp³-hybridized carbons (Fsp3) is 0.261. The van der Waals surface area contributed by atoms with E-state index in [1.807, 2.05) is 43.3 Å². The van der Waals surface area contributed by atoms with Crippen LogP contribution in [0.4, 0.5) is 11.4 Å². The van der Waals surface area contributed by atoms with Crippen LogP contribution < -0.4 is 10.6 Å². The molecular formula is C23H26N4O. The lowest BCUT2D eigenvalue weighted by Crippen LogP contribution is -2.28. The first-order valence-electron chi connectivity index (χ1n) is 9.52. The van der Waals surface area contributed by atoms with Gasteiger partial charge in [-0.25, -0.2) is 0 Å². The number of anilines is 2. The third kappa shape index (κ3) is 5.39. The van der Waals surface area contributed by atoms with E-state index in [0.29, 0.717) is 12.3 Å². The molecule has 2 heterocycles. The van der Waals surface area contributed by atoms with E-state index in [1.54, 1.807) is 18.6 Å². The average Bonchev–Trinajstić information content (AvgIpc) is 2.69. The van der Waals surface area contributed by atoms with Crippen LogP contribution in [0.15, 0.2) is 67.1 Å². The summed E-state index contributed by atoms with van der Waals surface area (Å²) in [6.45, 7) is 6.26. The quantitative estimate of drug-likeness (QED) is 0.625. The summed E-state index contributed by atoms with van der Waals surface area (Å²) in [6.07, 6.45) is 5.60. The summed E-state index contributed by atoms with van der Waals surface area (Å²) in [4.78, 5) is 20.8. The van der Waals surface area contributed by atoms with Crippen LogP contribution in [0.5, 0.6) is 0 Å². The molecule has 28 heavy (non-hydrogen) atoms. The maximum Gasteiger partial charge on any atom is 0.224 e. The van der Waals surface area contributed by atoms with E-state index in [-0.39, 0.29) is 11.9 Å². The second kappa shape index (κ2) is 9.13. The van der Waals surface area contributed by atoms with Crippen LogP contribution in [-0.4, -0.2) is 15.9 Å². The van der Waals surface area contributed by atoms with Gasteiger partial charge < -0.3 is 10.6 Å². The summed E-state index contributed by atoms with van der Waals surface area (Å²) in [5.74, 6) is 0.482. The predicted octanol–water partition coefficient (Wildman–Crippen LogP) is 4.76. The lowest BCUT2D eigenvalue weighted by molar-refractivity contribution is -0.121. The molecule has 3 aromatic rings. The number of carbonyl (C=O) groups is 1. The molecule has 0 saturated heterocycles. The van der Waals surface area contributed by atoms with E-state index < -0.39 is 0 Å². The van der Waals surface area contributed by atoms with Crippen molar-refractivity contribution in [3.63, 3.8) is 0 Å². The van der Waals surface area contributed by atoms with Crippen molar-refractivity contribution in [3.05, 3.63) is 83.9 Å². The molecule has 0 spiro atoms. The zero-order valence-corrected chi connectivity index (χ0v) is 16.5. The number of hydrogen-bond acceptors (Lipinski definition) is 4. The molecule has 1 aromatic carbocycles. The van der Waals surface area contributed by atoms with Gasteiger partial charge in [0.15, 0.2) is 0 Å². The Bertz CT molecular complexity index is 890. The molecule has 2 aromatic heterocycles. The summed E-state index contributed by atoms with van der Waals surface area (Å²) in [7, 11) is 0. The van der Waals surface area contributed by atoms with Crippen molar-refractivity contribution in [2.75, 3.05) is 5.32 Å². The molecule has 0 aliphatic heterocycles. The van der Waals surface area contributed by atoms with Gasteiger partial charge >= 0.3 is 0 Å². The summed E-state index contributed by atoms with van der Waals surface area (Å²) < 4.78 is 0. The molecule has 1 amide bonds. The Hall–Kier alpha value is -3.21. The van der Waals surface area contributed by atoms with Gasteiger partial charge in [-0.1, -0.05) is 38.1 Å². The van der Waals surface area contributed by atoms with E-state index in [9.17, 15) is 4.79 Å². The van der Waals surface area contributed by atoms with Gasteiger partial charge in [-0.3, -0.25) is 14.8 Å². The summed E-state index contributed by atoms with van der Waals surface area (Å²) in [5, 5.41) is 6.29. The number of nitrogens with zero attached hydrogens (tertiary/aromatic N) is 2. The van der Waals surface area contributed by atoms with Crippen LogP contribution in [0.1, 0.15) is 49.6 Å². The fourth-order valence-electron chi connectivity index (χ4n) is 2.91. The molecule has 2 N–H and O–H groups in total. The van der Waals surface area contributed by atoms with Crippen LogP contribution in [0.2, 0.25) is 0 Å². The van der Waals surface area contributed by atoms with Crippen molar-refractivity contribution < 1.29 is 4.79 Å². The molecule has 5 heteroatoms. The Morgan fingerprint density at radius 2 is 1.64 bits per heavy atom. The predicted molar refractivity (Wildman–Crippen MR) is 113 cm³/mol. The number of pyridine rings is 2. The van der Waals surface area contributed by atoms with Crippen molar-refractivity contribution in [1.29, 1.82) is 0 Å². The molecule has 0 unspecified atom stereocenters. The van der Waals surface area contributed by atoms with Gasteiger partial charge in [0.25, 0.3) is 0 Å². The van der Waals surface area contributed by atoms with Gasteiger partial charge in [0.2, 0.25) is 5.91 Å². The Balaban J connectivity index is 1.54. The van der Waals surface area contributed by atoms with Crippen molar-refractivity contribution in [2.45, 2.75) is 39.2 Å². The molecule has 144 valence electrons. The molecule has 0 aliphatic rings. The minimum atomic E-state index is -0.155. The smallest absolute Gasteiger partial charge is 0.224 e. The normalized spacial score (nSPS) is 11.9. The lowest BCUT2D eigenvalue weighted by atomic mass is 10.0. The standard InChI is InChI=1S/C23H26N4O/c1-16(2)19-6-4-18(5-7-19)14-23(28)26-17(3)22-9-8-21(15-25-22)27-20-10-12-24-13-11-20/h4-13,15-17H,14H2,1-3H3,(H,24,27)(H,26,28)/t17-/m1/s1. The highest BCUT2D eigenvalue weighted by Crippen LogP contribution is 2.18. The molecule has 3 rings (SSSR count). The van der Waals surface area contributed by atoms with Gasteiger partial charge in [-0.2, -0.15) is 0 Å². The number of aromatic nitrogens is 2. The van der Waals surface area contributed by atoms with E-state index in [4.69, 9.17) is 0 Å². The van der Waals surface area contributed by atoms with E-state index in [0.717, 1.165) is 22.6 Å². The van der Waals surface area contributed by atoms with E-state index >= 15 is 0 Å². The van der Waals surface area contributed by atoms with Gasteiger partial charge in [-0.05, 0) is 48.2 Å². The van der Waals surface area contributed by atoms with Crippen LogP contribution in [0.25, 0.3) is 0 Å². The summed E-state index contributed by atoms with van der Waals surface area (Å²) in [6, 6.07) is 15.7. The SMILES string of the molecule is CC(C)c1ccc(CC(=O)N[C@H](C)c2ccc(Nc3ccncc3)cn2)cc1. The first-order valence-corrected chi connectivity index (χ1v) is 9.52. The van der Waals surface area contributed by atoms with E-state index in [1.165, 1.54) is 5.56 Å². The number of carbonyl (C=O) groups excluding carboxylic acids is 1. The third-order valence-corrected chi connectivity index (χ3v) is 4.59. The molecule has 0 bridgehead atoms. The fourth-order valence-corrected chi connectivity index (χ4v) is 2.91. The number of hydrogen-bond donors (Lipinski definition) is 2. The Labute approximate surface area is 166 Å². The largest absolute Gasteiger partial charge is 0.354 e. The van der Waals surface area contributed by atoms with Crippen molar-refractivity contribution >= 4 is 17.3 Å². The molecular weight excluding hydrogens is 348 g/mol. The van der Waals surface area contributed by atoms with Crippen LogP contribution in [0.3, 0.4) is 0 Å². The van der Waals surface area contributed by atoms with Crippen molar-refractivity contribution in [3.8, 4) is 0 Å². The van der Waals surface area contributed by atoms with Gasteiger partial charge in [-0.15, -0.1) is 0 Å². The second-order valence-corrected chi connectivity index (χ2v) is 7.19. The Kier molecular flexibility index (Phi) is 6.37. The topological polar surface area (TPSA) is 66.9 Å². The van der Waals surface area contributed by atoms with Crippen molar-refractivity contribution in [1.82, 2.24) is 15.3 Å². The van der Waals surface area contributed by atoms with E-state index in [2.05, 4.69) is 46.6 Å². The maximum atomic E-state index is 12.4. The number of nitrogens with one attached hydrogen (secondary N) is 2. The van der Waals surface area contributed by atoms with Crippen molar-refractivity contribution in [2.24, 2.45) is 0 Å². The number of rotatable bonds is 7. The summed E-state index contributed by atoms with van der Waals surface area (Å²) in [5.41, 5.74) is 4.96. The molecule has 5 nitrogen and oxygen atoms in total. The van der Waals surface area contributed by atoms with Crippen LogP contribution in [0, 0.1) is 0 Å². The highest BCUT2D eigenvalue weighted by atomic mass is 16.1. The van der Waals surface area contributed by atoms with Crippen LogP contribution >= 0.6 is 0 Å². The average molecular weight is 374 g/mol. The molecule has 0 radical (unpaired) electrons. The van der Waals surface area contributed by atoms with Crippen LogP contribution in [-0.2, 0) is 11.2 Å². The summed E-state index contributed by atoms with van der Waals surface area (Å²) >= 11 is 0. The second-order valence-electron chi connectivity index (χ2n) is 7.19. The highest BCUT2D eigenvalue weighted by Gasteiger charge is 2.12. The zero-order valence-electron chi connectivity index (χ0n) is 16.5. The van der Waals surface area contributed by atoms with Gasteiger partial charge in [0.1, 0.15) is 0 Å². The zero-order chi connectivity index (χ0) is 19.9. The minimum Gasteiger partial charge on any atom is -0.354 e. The maximum absolute atomic E-state index is 12.4. The lowest BCUT2D eigenvalue weighted by Gasteiger charge is -2.14. The molecule has 0 saturated carbocycles. The molecule has 1 atom stereocenters. The third-order valence-electron chi connectivity index (χ3n) is 4.59. The highest BCUT2D eigenvalue weighted by molar-refractivity contribution is 5.79. The van der Waals surface area contributed by atoms with Gasteiger partial charge in [0.05, 0.1) is 30.0 Å². The number of benzene rings is 1. The Morgan fingerprint density at radius 3 is 2.25 bits per heavy atom. The van der Waals surface area contributed by atoms with Gasteiger partial charge in [0, 0.05) is 18.1 Å². The Morgan fingerprint density at radius 1 is 0.929 bits per heavy atom. The molecule has 0 aliphatic carbocycles. The molecule has 0 fully saturated rings. The first-order chi connectivity index (χ1) is 13.5. The first kappa shape index (κ1) is 19.5. The monoisotopic (exact) mass is 374 g/mol. The minimum absolute atomic E-state index is 0.00872.